The van der Waals surface area contributed by atoms with Gasteiger partial charge in [-0.2, -0.15) is 0 Å². The summed E-state index contributed by atoms with van der Waals surface area (Å²) in [4.78, 5) is 15.1. The Kier molecular flexibility index (Phi) is 7.20. The third-order valence-electron chi connectivity index (χ3n) is 5.70. The van der Waals surface area contributed by atoms with Crippen LogP contribution < -0.4 is 11.1 Å². The second kappa shape index (κ2) is 9.82. The molecule has 2 atom stereocenters. The fourth-order valence-corrected chi connectivity index (χ4v) is 3.72. The van der Waals surface area contributed by atoms with Crippen LogP contribution in [0.2, 0.25) is 0 Å². The lowest BCUT2D eigenvalue weighted by molar-refractivity contribution is -0.120. The van der Waals surface area contributed by atoms with Gasteiger partial charge < -0.3 is 16.2 Å². The van der Waals surface area contributed by atoms with Crippen molar-refractivity contribution in [2.75, 3.05) is 25.0 Å². The van der Waals surface area contributed by atoms with Crippen LogP contribution in [-0.4, -0.2) is 35.6 Å². The van der Waals surface area contributed by atoms with Crippen LogP contribution in [0, 0.1) is 11.8 Å². The van der Waals surface area contributed by atoms with Crippen LogP contribution in [0.5, 0.6) is 0 Å². The number of benzene rings is 2. The van der Waals surface area contributed by atoms with Gasteiger partial charge in [-0.3, -0.25) is 9.69 Å². The average molecular weight is 382 g/mol. The van der Waals surface area contributed by atoms with Crippen LogP contribution >= 0.6 is 0 Å². The molecule has 28 heavy (non-hydrogen) atoms. The first-order valence-corrected chi connectivity index (χ1v) is 10.1. The maximum Gasteiger partial charge on any atom is 0.229 e. The third-order valence-corrected chi connectivity index (χ3v) is 5.70. The highest BCUT2D eigenvalue weighted by molar-refractivity contribution is 5.92. The summed E-state index contributed by atoms with van der Waals surface area (Å²) in [5.41, 5.74) is 9.23. The number of nitrogens with one attached hydrogen (secondary N) is 1. The quantitative estimate of drug-likeness (QED) is 0.688. The number of carbonyl (C=O) groups excluding carboxylic acids is 1. The van der Waals surface area contributed by atoms with Gasteiger partial charge in [0.25, 0.3) is 0 Å². The van der Waals surface area contributed by atoms with Crippen molar-refractivity contribution in [3.05, 3.63) is 65.7 Å². The molecule has 1 fully saturated rings. The molecule has 1 aliphatic heterocycles. The molecule has 1 amide bonds. The van der Waals surface area contributed by atoms with Crippen LogP contribution in [0.3, 0.4) is 0 Å². The number of likely N-dealkylation sites (tertiary alicyclic amines) is 1. The summed E-state index contributed by atoms with van der Waals surface area (Å²) >= 11 is 0. The summed E-state index contributed by atoms with van der Waals surface area (Å²) in [6.07, 6.45) is 2.09. The Morgan fingerprint density at radius 3 is 2.57 bits per heavy atom. The number of rotatable bonds is 7. The van der Waals surface area contributed by atoms with Crippen LogP contribution in [0.15, 0.2) is 54.6 Å². The Morgan fingerprint density at radius 2 is 1.89 bits per heavy atom. The van der Waals surface area contributed by atoms with Gasteiger partial charge in [-0.1, -0.05) is 49.4 Å². The van der Waals surface area contributed by atoms with Crippen molar-refractivity contribution in [3.63, 3.8) is 0 Å². The van der Waals surface area contributed by atoms with E-state index in [0.29, 0.717) is 12.5 Å². The molecule has 1 aliphatic rings. The van der Waals surface area contributed by atoms with Crippen LogP contribution in [0.1, 0.15) is 36.9 Å². The number of amides is 1. The molecule has 150 valence electrons. The second-order valence-corrected chi connectivity index (χ2v) is 7.82. The number of nitrogens with zero attached hydrogens (tertiary/aromatic N) is 1. The molecule has 0 spiro atoms. The van der Waals surface area contributed by atoms with E-state index in [1.807, 2.05) is 55.5 Å². The molecular weight excluding hydrogens is 350 g/mol. The van der Waals surface area contributed by atoms with E-state index < -0.39 is 0 Å². The van der Waals surface area contributed by atoms with Gasteiger partial charge in [0.1, 0.15) is 0 Å². The van der Waals surface area contributed by atoms with E-state index in [1.54, 1.807) is 0 Å². The van der Waals surface area contributed by atoms with E-state index in [9.17, 15) is 9.90 Å². The van der Waals surface area contributed by atoms with E-state index in [-0.39, 0.29) is 17.9 Å². The largest absolute Gasteiger partial charge is 0.396 e. The summed E-state index contributed by atoms with van der Waals surface area (Å²) < 4.78 is 0. The lowest BCUT2D eigenvalue weighted by atomic mass is 9.94. The first-order valence-electron chi connectivity index (χ1n) is 10.1. The van der Waals surface area contributed by atoms with Gasteiger partial charge in [0, 0.05) is 24.9 Å². The number of aliphatic hydroxyl groups is 1. The van der Waals surface area contributed by atoms with Crippen molar-refractivity contribution in [1.29, 1.82) is 0 Å². The second-order valence-electron chi connectivity index (χ2n) is 7.82. The molecule has 5 heteroatoms. The molecule has 3 rings (SSSR count). The van der Waals surface area contributed by atoms with E-state index in [4.69, 9.17) is 5.73 Å². The van der Waals surface area contributed by atoms with Gasteiger partial charge >= 0.3 is 0 Å². The van der Waals surface area contributed by atoms with Gasteiger partial charge in [-0.15, -0.1) is 0 Å². The van der Waals surface area contributed by atoms with Crippen LogP contribution in [0.4, 0.5) is 5.69 Å². The number of aliphatic hydroxyl groups excluding tert-OH is 1. The van der Waals surface area contributed by atoms with Crippen molar-refractivity contribution in [3.8, 4) is 0 Å². The molecule has 1 saturated heterocycles. The summed E-state index contributed by atoms with van der Waals surface area (Å²) in [6, 6.07) is 17.4. The minimum Gasteiger partial charge on any atom is -0.396 e. The number of carbonyl (C=O) groups is 1. The van der Waals surface area contributed by atoms with Crippen LogP contribution in [-0.2, 0) is 11.3 Å². The average Bonchev–Trinajstić information content (AvgIpc) is 2.74. The Bertz CT molecular complexity index is 757. The van der Waals surface area contributed by atoms with Crippen molar-refractivity contribution in [2.24, 2.45) is 17.6 Å². The smallest absolute Gasteiger partial charge is 0.229 e. The third kappa shape index (κ3) is 5.41. The summed E-state index contributed by atoms with van der Waals surface area (Å²) in [5, 5.41) is 12.3. The molecule has 2 aromatic rings. The number of hydrogen-bond donors (Lipinski definition) is 3. The van der Waals surface area contributed by atoms with E-state index in [1.165, 1.54) is 5.56 Å². The summed E-state index contributed by atoms with van der Waals surface area (Å²) in [7, 11) is 0. The Labute approximate surface area is 167 Å². The monoisotopic (exact) mass is 381 g/mol. The molecule has 0 saturated carbocycles. The molecule has 4 N–H and O–H groups in total. The highest BCUT2D eigenvalue weighted by Crippen LogP contribution is 2.22. The summed E-state index contributed by atoms with van der Waals surface area (Å²) in [5.74, 6) is 0.0398. The highest BCUT2D eigenvalue weighted by atomic mass is 16.3. The molecule has 2 aromatic carbocycles. The van der Waals surface area contributed by atoms with E-state index in [2.05, 4.69) is 16.3 Å². The SMILES string of the molecule is CC(C(=O)Nc1cccc(CN2CCC(CO)CC2)c1)C(N)c1ccccc1. The number of piperidine rings is 1. The molecule has 0 aromatic heterocycles. The number of anilines is 1. The Balaban J connectivity index is 1.57. The van der Waals surface area contributed by atoms with Gasteiger partial charge in [0.2, 0.25) is 5.91 Å². The zero-order chi connectivity index (χ0) is 19.9. The lowest BCUT2D eigenvalue weighted by Gasteiger charge is -2.31. The minimum atomic E-state index is -0.336. The first-order chi connectivity index (χ1) is 13.6. The Hall–Kier alpha value is -2.21. The van der Waals surface area contributed by atoms with Crippen molar-refractivity contribution in [2.45, 2.75) is 32.4 Å². The van der Waals surface area contributed by atoms with Gasteiger partial charge in [-0.05, 0) is 55.1 Å². The summed E-state index contributed by atoms with van der Waals surface area (Å²) in [6.45, 7) is 5.03. The molecule has 0 radical (unpaired) electrons. The van der Waals surface area contributed by atoms with Crippen molar-refractivity contribution in [1.82, 2.24) is 4.90 Å². The normalized spacial score (nSPS) is 17.8. The van der Waals surface area contributed by atoms with E-state index >= 15 is 0 Å². The fourth-order valence-electron chi connectivity index (χ4n) is 3.72. The van der Waals surface area contributed by atoms with Crippen molar-refractivity contribution < 1.29 is 9.90 Å². The maximum absolute atomic E-state index is 12.7. The predicted octanol–water partition coefficient (Wildman–Crippen LogP) is 3.17. The number of nitrogens with two attached hydrogens (primary N) is 1. The zero-order valence-electron chi connectivity index (χ0n) is 16.6. The number of hydrogen-bond acceptors (Lipinski definition) is 4. The first kappa shape index (κ1) is 20.5. The molecule has 5 nitrogen and oxygen atoms in total. The van der Waals surface area contributed by atoms with Gasteiger partial charge in [0.15, 0.2) is 0 Å². The highest BCUT2D eigenvalue weighted by Gasteiger charge is 2.22. The molecule has 0 bridgehead atoms. The topological polar surface area (TPSA) is 78.6 Å². The van der Waals surface area contributed by atoms with Gasteiger partial charge in [-0.25, -0.2) is 0 Å². The van der Waals surface area contributed by atoms with Gasteiger partial charge in [0.05, 0.1) is 5.92 Å². The van der Waals surface area contributed by atoms with Crippen LogP contribution in [0.25, 0.3) is 0 Å². The lowest BCUT2D eigenvalue weighted by Crippen LogP contribution is -2.34. The Morgan fingerprint density at radius 1 is 1.18 bits per heavy atom. The molecule has 2 unspecified atom stereocenters. The van der Waals surface area contributed by atoms with Crippen molar-refractivity contribution >= 4 is 11.6 Å². The zero-order valence-corrected chi connectivity index (χ0v) is 16.6. The fraction of sp³-hybridized carbons (Fsp3) is 0.435. The predicted molar refractivity (Wildman–Crippen MR) is 113 cm³/mol. The molecule has 1 heterocycles. The molecular formula is C23H31N3O2. The minimum absolute atomic E-state index is 0.0720. The standard InChI is InChI=1S/C23H31N3O2/c1-17(22(24)20-7-3-2-4-8-20)23(28)25-21-9-5-6-19(14-21)15-26-12-10-18(16-27)11-13-26/h2-9,14,17-18,22,27H,10-13,15-16,24H2,1H3,(H,25,28). The molecule has 0 aliphatic carbocycles. The van der Waals surface area contributed by atoms with E-state index in [0.717, 1.165) is 43.7 Å². The maximum atomic E-state index is 12.7.